The zero-order valence-electron chi connectivity index (χ0n) is 10.3. The fourth-order valence-electron chi connectivity index (χ4n) is 2.16. The van der Waals surface area contributed by atoms with Gasteiger partial charge in [-0.1, -0.05) is 6.07 Å². The summed E-state index contributed by atoms with van der Waals surface area (Å²) in [6.07, 6.45) is 3.44. The van der Waals surface area contributed by atoms with Crippen molar-refractivity contribution in [3.63, 3.8) is 0 Å². The van der Waals surface area contributed by atoms with E-state index in [0.717, 1.165) is 32.5 Å². The van der Waals surface area contributed by atoms with Gasteiger partial charge in [-0.05, 0) is 43.4 Å². The topological polar surface area (TPSA) is 38.3 Å². The van der Waals surface area contributed by atoms with Gasteiger partial charge < -0.3 is 10.1 Å². The maximum atomic E-state index is 12.9. The van der Waals surface area contributed by atoms with Crippen molar-refractivity contribution in [3.8, 4) is 0 Å². The Hall–Kier alpha value is -1.42. The maximum Gasteiger partial charge on any atom is 0.224 e. The first-order valence-electron chi connectivity index (χ1n) is 6.37. The van der Waals surface area contributed by atoms with Crippen LogP contribution in [0.3, 0.4) is 0 Å². The molecular formula is C14H18FNO2. The summed E-state index contributed by atoms with van der Waals surface area (Å²) in [4.78, 5) is 11.7. The van der Waals surface area contributed by atoms with Gasteiger partial charge in [0.05, 0.1) is 0 Å². The monoisotopic (exact) mass is 251 g/mol. The zero-order chi connectivity index (χ0) is 12.8. The SMILES string of the molecule is O=C(CCC1CCOCC1)Nc1cccc(F)c1. The van der Waals surface area contributed by atoms with Crippen LogP contribution in [0.1, 0.15) is 25.7 Å². The summed E-state index contributed by atoms with van der Waals surface area (Å²) < 4.78 is 18.2. The van der Waals surface area contributed by atoms with Crippen molar-refractivity contribution in [1.82, 2.24) is 0 Å². The molecule has 98 valence electrons. The highest BCUT2D eigenvalue weighted by Crippen LogP contribution is 2.20. The number of anilines is 1. The van der Waals surface area contributed by atoms with Crippen LogP contribution in [-0.2, 0) is 9.53 Å². The molecule has 1 heterocycles. The smallest absolute Gasteiger partial charge is 0.224 e. The first-order valence-corrected chi connectivity index (χ1v) is 6.37. The van der Waals surface area contributed by atoms with E-state index >= 15 is 0 Å². The third kappa shape index (κ3) is 4.11. The van der Waals surface area contributed by atoms with E-state index in [1.807, 2.05) is 0 Å². The molecular weight excluding hydrogens is 233 g/mol. The lowest BCUT2D eigenvalue weighted by atomic mass is 9.95. The van der Waals surface area contributed by atoms with E-state index in [1.54, 1.807) is 12.1 Å². The summed E-state index contributed by atoms with van der Waals surface area (Å²) in [5.74, 6) is 0.196. The summed E-state index contributed by atoms with van der Waals surface area (Å²) in [7, 11) is 0. The predicted molar refractivity (Wildman–Crippen MR) is 67.8 cm³/mol. The number of carbonyl (C=O) groups is 1. The number of halogens is 1. The third-order valence-electron chi connectivity index (χ3n) is 3.23. The normalized spacial score (nSPS) is 16.5. The Morgan fingerprint density at radius 3 is 2.89 bits per heavy atom. The first-order chi connectivity index (χ1) is 8.74. The Kier molecular flexibility index (Phi) is 4.70. The molecule has 0 radical (unpaired) electrons. The van der Waals surface area contributed by atoms with E-state index in [1.165, 1.54) is 12.1 Å². The van der Waals surface area contributed by atoms with Crippen LogP contribution in [0.4, 0.5) is 10.1 Å². The zero-order valence-corrected chi connectivity index (χ0v) is 10.3. The van der Waals surface area contributed by atoms with Crippen molar-refractivity contribution in [2.75, 3.05) is 18.5 Å². The van der Waals surface area contributed by atoms with Crippen LogP contribution in [0.25, 0.3) is 0 Å². The van der Waals surface area contributed by atoms with Gasteiger partial charge in [-0.15, -0.1) is 0 Å². The number of hydrogen-bond donors (Lipinski definition) is 1. The summed E-state index contributed by atoms with van der Waals surface area (Å²) in [6, 6.07) is 5.96. The van der Waals surface area contributed by atoms with Gasteiger partial charge in [0, 0.05) is 25.3 Å². The Bertz CT molecular complexity index is 403. The van der Waals surface area contributed by atoms with Gasteiger partial charge >= 0.3 is 0 Å². The lowest BCUT2D eigenvalue weighted by molar-refractivity contribution is -0.116. The average Bonchev–Trinajstić information content (AvgIpc) is 2.38. The minimum Gasteiger partial charge on any atom is -0.381 e. The third-order valence-corrected chi connectivity index (χ3v) is 3.23. The van der Waals surface area contributed by atoms with Gasteiger partial charge in [-0.3, -0.25) is 4.79 Å². The molecule has 0 unspecified atom stereocenters. The van der Waals surface area contributed by atoms with Crippen molar-refractivity contribution < 1.29 is 13.9 Å². The number of nitrogens with one attached hydrogen (secondary N) is 1. The molecule has 0 spiro atoms. The highest BCUT2D eigenvalue weighted by Gasteiger charge is 2.15. The molecule has 1 aromatic rings. The number of carbonyl (C=O) groups excluding carboxylic acids is 1. The van der Waals surface area contributed by atoms with Gasteiger partial charge in [0.1, 0.15) is 5.82 Å². The molecule has 1 saturated heterocycles. The van der Waals surface area contributed by atoms with Crippen LogP contribution < -0.4 is 5.32 Å². The lowest BCUT2D eigenvalue weighted by Crippen LogP contribution is -2.18. The van der Waals surface area contributed by atoms with Crippen LogP contribution in [0.5, 0.6) is 0 Å². The Morgan fingerprint density at radius 1 is 1.39 bits per heavy atom. The molecule has 18 heavy (non-hydrogen) atoms. The highest BCUT2D eigenvalue weighted by molar-refractivity contribution is 5.90. The summed E-state index contributed by atoms with van der Waals surface area (Å²) >= 11 is 0. The molecule has 2 rings (SSSR count). The molecule has 3 nitrogen and oxygen atoms in total. The Balaban J connectivity index is 1.74. The van der Waals surface area contributed by atoms with Crippen LogP contribution >= 0.6 is 0 Å². The maximum absolute atomic E-state index is 12.9. The molecule has 4 heteroatoms. The van der Waals surface area contributed by atoms with Gasteiger partial charge in [-0.2, -0.15) is 0 Å². The molecule has 0 aliphatic carbocycles. The van der Waals surface area contributed by atoms with Gasteiger partial charge in [0.15, 0.2) is 0 Å². The number of hydrogen-bond acceptors (Lipinski definition) is 2. The van der Waals surface area contributed by atoms with Gasteiger partial charge in [0.2, 0.25) is 5.91 Å². The van der Waals surface area contributed by atoms with Gasteiger partial charge in [-0.25, -0.2) is 4.39 Å². The number of benzene rings is 1. The largest absolute Gasteiger partial charge is 0.381 e. The van der Waals surface area contributed by atoms with Crippen LogP contribution in [0, 0.1) is 11.7 Å². The number of amides is 1. The molecule has 1 N–H and O–H groups in total. The van der Waals surface area contributed by atoms with E-state index in [-0.39, 0.29) is 11.7 Å². The van der Waals surface area contributed by atoms with Gasteiger partial charge in [0.25, 0.3) is 0 Å². The van der Waals surface area contributed by atoms with E-state index in [0.29, 0.717) is 18.0 Å². The molecule has 1 aliphatic rings. The quantitative estimate of drug-likeness (QED) is 0.893. The molecule has 0 aromatic heterocycles. The summed E-state index contributed by atoms with van der Waals surface area (Å²) in [5, 5.41) is 2.71. The molecule has 0 bridgehead atoms. The first kappa shape index (κ1) is 13.0. The minimum absolute atomic E-state index is 0.0490. The molecule has 1 fully saturated rings. The molecule has 0 saturated carbocycles. The second kappa shape index (κ2) is 6.50. The van der Waals surface area contributed by atoms with Crippen molar-refractivity contribution in [2.24, 2.45) is 5.92 Å². The molecule has 1 amide bonds. The number of ether oxygens (including phenoxy) is 1. The standard InChI is InChI=1S/C14H18FNO2/c15-12-2-1-3-13(10-12)16-14(17)5-4-11-6-8-18-9-7-11/h1-3,10-11H,4-9H2,(H,16,17). The van der Waals surface area contributed by atoms with Crippen molar-refractivity contribution in [3.05, 3.63) is 30.1 Å². The Morgan fingerprint density at radius 2 is 2.17 bits per heavy atom. The summed E-state index contributed by atoms with van der Waals surface area (Å²) in [6.45, 7) is 1.60. The van der Waals surface area contributed by atoms with Crippen LogP contribution in [0.15, 0.2) is 24.3 Å². The molecule has 0 atom stereocenters. The minimum atomic E-state index is -0.336. The highest BCUT2D eigenvalue weighted by atomic mass is 19.1. The van der Waals surface area contributed by atoms with E-state index in [9.17, 15) is 9.18 Å². The predicted octanol–water partition coefficient (Wildman–Crippen LogP) is 2.97. The Labute approximate surface area is 106 Å². The van der Waals surface area contributed by atoms with E-state index < -0.39 is 0 Å². The van der Waals surface area contributed by atoms with Crippen molar-refractivity contribution >= 4 is 11.6 Å². The fraction of sp³-hybridized carbons (Fsp3) is 0.500. The van der Waals surface area contributed by atoms with Crippen LogP contribution in [-0.4, -0.2) is 19.1 Å². The van der Waals surface area contributed by atoms with Crippen molar-refractivity contribution in [1.29, 1.82) is 0 Å². The second-order valence-corrected chi connectivity index (χ2v) is 4.65. The average molecular weight is 251 g/mol. The van der Waals surface area contributed by atoms with Crippen LogP contribution in [0.2, 0.25) is 0 Å². The lowest BCUT2D eigenvalue weighted by Gasteiger charge is -2.21. The van der Waals surface area contributed by atoms with E-state index in [2.05, 4.69) is 5.32 Å². The fourth-order valence-corrected chi connectivity index (χ4v) is 2.16. The second-order valence-electron chi connectivity index (χ2n) is 4.65. The molecule has 1 aromatic carbocycles. The number of rotatable bonds is 4. The summed E-state index contributed by atoms with van der Waals surface area (Å²) in [5.41, 5.74) is 0.520. The molecule has 1 aliphatic heterocycles. The van der Waals surface area contributed by atoms with E-state index in [4.69, 9.17) is 4.74 Å². The van der Waals surface area contributed by atoms with Crippen molar-refractivity contribution in [2.45, 2.75) is 25.7 Å².